The van der Waals surface area contributed by atoms with Crippen LogP contribution in [0.5, 0.6) is 0 Å². The van der Waals surface area contributed by atoms with E-state index >= 15 is 0 Å². The van der Waals surface area contributed by atoms with E-state index in [0.29, 0.717) is 0 Å². The van der Waals surface area contributed by atoms with E-state index in [0.717, 1.165) is 39.8 Å². The van der Waals surface area contributed by atoms with E-state index in [1.54, 1.807) is 0 Å². The molecule has 0 amide bonds. The first-order valence-electron chi connectivity index (χ1n) is 4.74. The van der Waals surface area contributed by atoms with E-state index in [4.69, 9.17) is 4.42 Å². The molecule has 3 rings (SSSR count). The summed E-state index contributed by atoms with van der Waals surface area (Å²) in [6.45, 7) is 0. The molecule has 0 aliphatic rings. The molecule has 1 nitrogen and oxygen atoms in total. The first-order chi connectivity index (χ1) is 8.09. The molecular formula is C12H4Br4O. The zero-order valence-electron chi connectivity index (χ0n) is 8.23. The van der Waals surface area contributed by atoms with E-state index in [1.807, 2.05) is 24.3 Å². The Balaban J connectivity index is 2.65. The third-order valence-corrected chi connectivity index (χ3v) is 6.54. The average Bonchev–Trinajstić information content (AvgIpc) is 2.65. The third-order valence-electron chi connectivity index (χ3n) is 2.57. The summed E-state index contributed by atoms with van der Waals surface area (Å²) >= 11 is 14.2. The molecule has 0 aliphatic carbocycles. The van der Waals surface area contributed by atoms with Crippen molar-refractivity contribution < 1.29 is 4.42 Å². The van der Waals surface area contributed by atoms with Crippen molar-refractivity contribution in [3.63, 3.8) is 0 Å². The summed E-state index contributed by atoms with van der Waals surface area (Å²) in [5.74, 6) is 0. The SMILES string of the molecule is Brc1cc2oc3cccc(Br)c3c2c(Br)c1Br. The lowest BCUT2D eigenvalue weighted by molar-refractivity contribution is 0.668. The molecule has 0 N–H and O–H groups in total. The highest BCUT2D eigenvalue weighted by Gasteiger charge is 2.16. The molecule has 17 heavy (non-hydrogen) atoms. The summed E-state index contributed by atoms with van der Waals surface area (Å²) in [7, 11) is 0. The average molecular weight is 484 g/mol. The van der Waals surface area contributed by atoms with Gasteiger partial charge < -0.3 is 4.42 Å². The zero-order valence-corrected chi connectivity index (χ0v) is 14.6. The first-order valence-corrected chi connectivity index (χ1v) is 7.91. The third kappa shape index (κ3) is 1.82. The number of furan rings is 1. The Kier molecular flexibility index (Phi) is 3.14. The van der Waals surface area contributed by atoms with Crippen molar-refractivity contribution in [3.05, 3.63) is 42.2 Å². The second kappa shape index (κ2) is 4.37. The minimum absolute atomic E-state index is 0.855. The van der Waals surface area contributed by atoms with Crippen molar-refractivity contribution in [1.82, 2.24) is 0 Å². The largest absolute Gasteiger partial charge is 0.456 e. The Morgan fingerprint density at radius 2 is 1.53 bits per heavy atom. The fourth-order valence-electron chi connectivity index (χ4n) is 1.84. The maximum atomic E-state index is 5.84. The van der Waals surface area contributed by atoms with Crippen molar-refractivity contribution in [2.75, 3.05) is 0 Å². The van der Waals surface area contributed by atoms with Gasteiger partial charge in [0.15, 0.2) is 0 Å². The Labute approximate surface area is 131 Å². The van der Waals surface area contributed by atoms with Gasteiger partial charge in [0.05, 0.1) is 0 Å². The lowest BCUT2D eigenvalue weighted by Crippen LogP contribution is -1.76. The molecule has 0 unspecified atom stereocenters. The molecule has 0 spiro atoms. The van der Waals surface area contributed by atoms with Gasteiger partial charge in [0.2, 0.25) is 0 Å². The monoisotopic (exact) mass is 480 g/mol. The summed E-state index contributed by atoms with van der Waals surface area (Å²) in [5.41, 5.74) is 1.73. The number of halogens is 4. The Hall–Kier alpha value is 0.160. The number of rotatable bonds is 0. The first kappa shape index (κ1) is 12.2. The highest BCUT2D eigenvalue weighted by Crippen LogP contribution is 2.43. The minimum atomic E-state index is 0.855. The zero-order chi connectivity index (χ0) is 12.2. The topological polar surface area (TPSA) is 13.1 Å². The Morgan fingerprint density at radius 1 is 0.765 bits per heavy atom. The Bertz CT molecular complexity index is 745. The molecule has 0 bridgehead atoms. The number of hydrogen-bond donors (Lipinski definition) is 0. The van der Waals surface area contributed by atoms with Gasteiger partial charge in [-0.25, -0.2) is 0 Å². The quantitative estimate of drug-likeness (QED) is 0.327. The highest BCUT2D eigenvalue weighted by molar-refractivity contribution is 9.14. The molecule has 86 valence electrons. The van der Waals surface area contributed by atoms with Gasteiger partial charge in [-0.1, -0.05) is 22.0 Å². The molecule has 0 saturated carbocycles. The van der Waals surface area contributed by atoms with Gasteiger partial charge in [0.25, 0.3) is 0 Å². The molecule has 5 heteroatoms. The second-order valence-electron chi connectivity index (χ2n) is 3.57. The summed E-state index contributed by atoms with van der Waals surface area (Å²) < 4.78 is 9.82. The summed E-state index contributed by atoms with van der Waals surface area (Å²) in [6.07, 6.45) is 0. The van der Waals surface area contributed by atoms with Crippen LogP contribution < -0.4 is 0 Å². The van der Waals surface area contributed by atoms with E-state index < -0.39 is 0 Å². The second-order valence-corrected chi connectivity index (χ2v) is 6.87. The highest BCUT2D eigenvalue weighted by atomic mass is 79.9. The van der Waals surface area contributed by atoms with Crippen molar-refractivity contribution in [2.45, 2.75) is 0 Å². The molecule has 0 saturated heterocycles. The van der Waals surface area contributed by atoms with Gasteiger partial charge in [-0.05, 0) is 66.0 Å². The molecular weight excluding hydrogens is 480 g/mol. The predicted molar refractivity (Wildman–Crippen MR) is 84.5 cm³/mol. The lowest BCUT2D eigenvalue weighted by Gasteiger charge is -2.01. The van der Waals surface area contributed by atoms with E-state index in [1.165, 1.54) is 0 Å². The molecule has 0 radical (unpaired) electrons. The molecule has 0 aliphatic heterocycles. The molecule has 1 aromatic heterocycles. The summed E-state index contributed by atoms with van der Waals surface area (Å²) in [4.78, 5) is 0. The van der Waals surface area contributed by atoms with Crippen LogP contribution in [0.3, 0.4) is 0 Å². The molecule has 2 aromatic carbocycles. The van der Waals surface area contributed by atoms with Crippen LogP contribution in [0.25, 0.3) is 21.9 Å². The summed E-state index contributed by atoms with van der Waals surface area (Å²) in [6, 6.07) is 7.91. The standard InChI is InChI=1S/C12H4Br4O/c13-5-2-1-3-7-9(5)10-8(17-7)4-6(14)11(15)12(10)16/h1-4H. The van der Waals surface area contributed by atoms with Crippen LogP contribution in [-0.2, 0) is 0 Å². The van der Waals surface area contributed by atoms with Crippen LogP contribution >= 0.6 is 63.7 Å². The van der Waals surface area contributed by atoms with Crippen molar-refractivity contribution in [3.8, 4) is 0 Å². The maximum absolute atomic E-state index is 5.84. The Morgan fingerprint density at radius 3 is 2.29 bits per heavy atom. The van der Waals surface area contributed by atoms with Gasteiger partial charge in [-0.2, -0.15) is 0 Å². The van der Waals surface area contributed by atoms with Crippen LogP contribution in [0, 0.1) is 0 Å². The summed E-state index contributed by atoms with van der Waals surface area (Å²) in [5, 5.41) is 2.16. The fraction of sp³-hybridized carbons (Fsp3) is 0. The molecule has 1 heterocycles. The number of hydrogen-bond acceptors (Lipinski definition) is 1. The number of benzene rings is 2. The van der Waals surface area contributed by atoms with E-state index in [2.05, 4.69) is 63.7 Å². The number of fused-ring (bicyclic) bond motifs is 3. The lowest BCUT2D eigenvalue weighted by atomic mass is 10.1. The van der Waals surface area contributed by atoms with E-state index in [-0.39, 0.29) is 0 Å². The van der Waals surface area contributed by atoms with Crippen LogP contribution in [0.4, 0.5) is 0 Å². The van der Waals surface area contributed by atoms with Gasteiger partial charge in [0, 0.05) is 28.7 Å². The fourth-order valence-corrected chi connectivity index (χ4v) is 3.98. The van der Waals surface area contributed by atoms with E-state index in [9.17, 15) is 0 Å². The van der Waals surface area contributed by atoms with Crippen molar-refractivity contribution in [1.29, 1.82) is 0 Å². The van der Waals surface area contributed by atoms with Gasteiger partial charge in [0.1, 0.15) is 11.2 Å². The van der Waals surface area contributed by atoms with Crippen LogP contribution in [0.1, 0.15) is 0 Å². The minimum Gasteiger partial charge on any atom is -0.456 e. The van der Waals surface area contributed by atoms with Gasteiger partial charge in [-0.3, -0.25) is 0 Å². The smallest absolute Gasteiger partial charge is 0.137 e. The van der Waals surface area contributed by atoms with Crippen LogP contribution in [-0.4, -0.2) is 0 Å². The predicted octanol–water partition coefficient (Wildman–Crippen LogP) is 6.64. The van der Waals surface area contributed by atoms with Crippen LogP contribution in [0.15, 0.2) is 46.6 Å². The van der Waals surface area contributed by atoms with Crippen molar-refractivity contribution in [2.24, 2.45) is 0 Å². The van der Waals surface area contributed by atoms with Gasteiger partial charge in [-0.15, -0.1) is 0 Å². The van der Waals surface area contributed by atoms with Crippen molar-refractivity contribution >= 4 is 85.7 Å². The normalized spacial score (nSPS) is 11.5. The molecule has 3 aromatic rings. The molecule has 0 atom stereocenters. The molecule has 0 fully saturated rings. The van der Waals surface area contributed by atoms with Crippen LogP contribution in [0.2, 0.25) is 0 Å². The van der Waals surface area contributed by atoms with Gasteiger partial charge >= 0.3 is 0 Å². The maximum Gasteiger partial charge on any atom is 0.137 e.